The second-order valence-electron chi connectivity index (χ2n) is 7.71. The van der Waals surface area contributed by atoms with Crippen molar-refractivity contribution in [3.8, 4) is 5.75 Å². The number of hydrogen-bond acceptors (Lipinski definition) is 4. The molecule has 5 nitrogen and oxygen atoms in total. The average Bonchev–Trinajstić information content (AvgIpc) is 2.81. The summed E-state index contributed by atoms with van der Waals surface area (Å²) in [6, 6.07) is 25.9. The molecule has 0 atom stereocenters. The number of anilines is 2. The van der Waals surface area contributed by atoms with Gasteiger partial charge >= 0.3 is 0 Å². The summed E-state index contributed by atoms with van der Waals surface area (Å²) in [6.45, 7) is 7.66. The van der Waals surface area contributed by atoms with Crippen molar-refractivity contribution in [2.24, 2.45) is 0 Å². The molecule has 1 amide bonds. The van der Waals surface area contributed by atoms with E-state index >= 15 is 0 Å². The molecule has 3 aromatic carbocycles. The van der Waals surface area contributed by atoms with Gasteiger partial charge in [-0.3, -0.25) is 9.69 Å². The Hall–Kier alpha value is -3.31. The van der Waals surface area contributed by atoms with Gasteiger partial charge in [0.05, 0.1) is 6.61 Å². The van der Waals surface area contributed by atoms with E-state index in [2.05, 4.69) is 57.6 Å². The first-order chi connectivity index (χ1) is 15.2. The Morgan fingerprint density at radius 1 is 0.871 bits per heavy atom. The molecule has 1 fully saturated rings. The van der Waals surface area contributed by atoms with Crippen molar-refractivity contribution in [1.29, 1.82) is 0 Å². The van der Waals surface area contributed by atoms with E-state index in [1.807, 2.05) is 31.2 Å². The third kappa shape index (κ3) is 5.64. The van der Waals surface area contributed by atoms with Gasteiger partial charge in [0, 0.05) is 49.7 Å². The summed E-state index contributed by atoms with van der Waals surface area (Å²) >= 11 is 0. The first kappa shape index (κ1) is 20.9. The number of rotatable bonds is 7. The second-order valence-corrected chi connectivity index (χ2v) is 7.71. The van der Waals surface area contributed by atoms with Crippen LogP contribution in [-0.4, -0.2) is 43.6 Å². The quantitative estimate of drug-likeness (QED) is 0.610. The molecule has 1 N–H and O–H groups in total. The zero-order valence-corrected chi connectivity index (χ0v) is 18.0. The highest BCUT2D eigenvalue weighted by Crippen LogP contribution is 2.21. The Morgan fingerprint density at radius 2 is 1.55 bits per heavy atom. The molecule has 1 aliphatic rings. The van der Waals surface area contributed by atoms with Gasteiger partial charge in [-0.2, -0.15) is 0 Å². The lowest BCUT2D eigenvalue weighted by Gasteiger charge is -2.36. The van der Waals surface area contributed by atoms with Crippen LogP contribution < -0.4 is 15.0 Å². The number of carbonyl (C=O) groups excluding carboxylic acids is 1. The van der Waals surface area contributed by atoms with E-state index in [0.717, 1.165) is 44.2 Å². The summed E-state index contributed by atoms with van der Waals surface area (Å²) in [7, 11) is 0. The lowest BCUT2D eigenvalue weighted by Crippen LogP contribution is -2.45. The first-order valence-electron chi connectivity index (χ1n) is 10.9. The van der Waals surface area contributed by atoms with Crippen LogP contribution in [0.3, 0.4) is 0 Å². The van der Waals surface area contributed by atoms with Gasteiger partial charge in [-0.25, -0.2) is 0 Å². The largest absolute Gasteiger partial charge is 0.494 e. The number of nitrogens with zero attached hydrogens (tertiary/aromatic N) is 2. The Morgan fingerprint density at radius 3 is 2.19 bits per heavy atom. The van der Waals surface area contributed by atoms with Crippen LogP contribution in [0.2, 0.25) is 0 Å². The van der Waals surface area contributed by atoms with E-state index in [4.69, 9.17) is 4.74 Å². The second kappa shape index (κ2) is 10.1. The average molecular weight is 416 g/mol. The molecule has 31 heavy (non-hydrogen) atoms. The highest BCUT2D eigenvalue weighted by Gasteiger charge is 2.17. The molecule has 0 saturated carbocycles. The number of amides is 1. The molecule has 0 aromatic heterocycles. The molecule has 3 aromatic rings. The van der Waals surface area contributed by atoms with Crippen LogP contribution >= 0.6 is 0 Å². The Bertz CT molecular complexity index is 964. The molecule has 5 heteroatoms. The van der Waals surface area contributed by atoms with Gasteiger partial charge < -0.3 is 15.0 Å². The third-order valence-electron chi connectivity index (χ3n) is 5.54. The van der Waals surface area contributed by atoms with Crippen molar-refractivity contribution in [2.45, 2.75) is 13.5 Å². The molecule has 160 valence electrons. The topological polar surface area (TPSA) is 44.8 Å². The van der Waals surface area contributed by atoms with Crippen LogP contribution in [0.1, 0.15) is 22.8 Å². The number of hydrogen-bond donors (Lipinski definition) is 1. The van der Waals surface area contributed by atoms with E-state index in [0.29, 0.717) is 12.2 Å². The Kier molecular flexibility index (Phi) is 6.85. The number of carbonyl (C=O) groups is 1. The number of benzene rings is 3. The molecule has 0 aliphatic carbocycles. The molecule has 4 rings (SSSR count). The van der Waals surface area contributed by atoms with Gasteiger partial charge in [0.2, 0.25) is 0 Å². The van der Waals surface area contributed by atoms with Crippen molar-refractivity contribution in [1.82, 2.24) is 4.90 Å². The van der Waals surface area contributed by atoms with Gasteiger partial charge in [0.15, 0.2) is 0 Å². The maximum atomic E-state index is 12.5. The summed E-state index contributed by atoms with van der Waals surface area (Å²) in [5, 5.41) is 2.97. The van der Waals surface area contributed by atoms with Crippen molar-refractivity contribution in [3.63, 3.8) is 0 Å². The Labute approximate surface area is 184 Å². The van der Waals surface area contributed by atoms with Gasteiger partial charge in [-0.05, 0) is 61.0 Å². The summed E-state index contributed by atoms with van der Waals surface area (Å²) in [5.74, 6) is 0.651. The van der Waals surface area contributed by atoms with Crippen molar-refractivity contribution in [2.75, 3.05) is 43.0 Å². The van der Waals surface area contributed by atoms with E-state index < -0.39 is 0 Å². The van der Waals surface area contributed by atoms with Crippen LogP contribution in [0.15, 0.2) is 78.9 Å². The number of nitrogens with one attached hydrogen (secondary N) is 1. The molecule has 0 bridgehead atoms. The molecule has 1 aliphatic heterocycles. The van der Waals surface area contributed by atoms with E-state index in [1.54, 1.807) is 12.1 Å². The molecule has 0 unspecified atom stereocenters. The van der Waals surface area contributed by atoms with Crippen LogP contribution in [0.4, 0.5) is 11.4 Å². The first-order valence-corrected chi connectivity index (χ1v) is 10.9. The molecular weight excluding hydrogens is 386 g/mol. The van der Waals surface area contributed by atoms with E-state index in [9.17, 15) is 4.79 Å². The normalized spacial score (nSPS) is 14.3. The number of piperazine rings is 1. The van der Waals surface area contributed by atoms with Crippen molar-refractivity contribution in [3.05, 3.63) is 90.0 Å². The van der Waals surface area contributed by atoms with E-state index in [-0.39, 0.29) is 5.91 Å². The lowest BCUT2D eigenvalue weighted by molar-refractivity contribution is 0.102. The summed E-state index contributed by atoms with van der Waals surface area (Å²) < 4.78 is 5.43. The fourth-order valence-corrected chi connectivity index (χ4v) is 3.83. The van der Waals surface area contributed by atoms with Crippen molar-refractivity contribution >= 4 is 17.3 Å². The van der Waals surface area contributed by atoms with Crippen LogP contribution in [-0.2, 0) is 6.54 Å². The zero-order valence-electron chi connectivity index (χ0n) is 18.0. The van der Waals surface area contributed by atoms with Crippen LogP contribution in [0.5, 0.6) is 5.75 Å². The maximum absolute atomic E-state index is 12.5. The standard InChI is InChI=1S/C26H29N3O2/c1-2-31-25-14-8-22(9-15-25)26(30)27-23-10-12-24(13-11-23)29-18-16-28(17-19-29)20-21-6-4-3-5-7-21/h3-15H,2,16-20H2,1H3,(H,27,30). The summed E-state index contributed by atoms with van der Waals surface area (Å²) in [5.41, 5.74) is 3.97. The monoisotopic (exact) mass is 415 g/mol. The predicted molar refractivity (Wildman–Crippen MR) is 126 cm³/mol. The van der Waals surface area contributed by atoms with Gasteiger partial charge in [0.25, 0.3) is 5.91 Å². The van der Waals surface area contributed by atoms with Gasteiger partial charge in [0.1, 0.15) is 5.75 Å². The van der Waals surface area contributed by atoms with Gasteiger partial charge in [-0.15, -0.1) is 0 Å². The Balaban J connectivity index is 1.29. The fraction of sp³-hybridized carbons (Fsp3) is 0.269. The minimum absolute atomic E-state index is 0.120. The molecule has 0 radical (unpaired) electrons. The lowest BCUT2D eigenvalue weighted by atomic mass is 10.1. The smallest absolute Gasteiger partial charge is 0.255 e. The minimum Gasteiger partial charge on any atom is -0.494 e. The van der Waals surface area contributed by atoms with Crippen LogP contribution in [0, 0.1) is 0 Å². The highest BCUT2D eigenvalue weighted by molar-refractivity contribution is 6.04. The minimum atomic E-state index is -0.120. The molecule has 1 heterocycles. The highest BCUT2D eigenvalue weighted by atomic mass is 16.5. The van der Waals surface area contributed by atoms with Gasteiger partial charge in [-0.1, -0.05) is 30.3 Å². The maximum Gasteiger partial charge on any atom is 0.255 e. The molecular formula is C26H29N3O2. The van der Waals surface area contributed by atoms with E-state index in [1.165, 1.54) is 11.3 Å². The zero-order chi connectivity index (χ0) is 21.5. The van der Waals surface area contributed by atoms with Crippen LogP contribution in [0.25, 0.3) is 0 Å². The fourth-order valence-electron chi connectivity index (χ4n) is 3.83. The predicted octanol–water partition coefficient (Wildman–Crippen LogP) is 4.66. The summed E-state index contributed by atoms with van der Waals surface area (Å²) in [4.78, 5) is 17.4. The summed E-state index contributed by atoms with van der Waals surface area (Å²) in [6.07, 6.45) is 0. The third-order valence-corrected chi connectivity index (χ3v) is 5.54. The molecule has 0 spiro atoms. The SMILES string of the molecule is CCOc1ccc(C(=O)Nc2ccc(N3CCN(Cc4ccccc4)CC3)cc2)cc1. The van der Waals surface area contributed by atoms with Crippen molar-refractivity contribution < 1.29 is 9.53 Å². The number of ether oxygens (including phenoxy) is 1. The molecule has 1 saturated heterocycles.